The van der Waals surface area contributed by atoms with E-state index in [2.05, 4.69) is 57.2 Å². The zero-order valence-electron chi connectivity index (χ0n) is 26.2. The maximum atomic E-state index is 13.4. The summed E-state index contributed by atoms with van der Waals surface area (Å²) in [7, 11) is 1.77. The van der Waals surface area contributed by atoms with E-state index in [0.29, 0.717) is 24.0 Å². The maximum Gasteiger partial charge on any atom is 0.319 e. The third-order valence-corrected chi connectivity index (χ3v) is 8.98. The Kier molecular flexibility index (Phi) is 11.2. The molecule has 3 atom stereocenters. The number of carbonyl (C=O) groups is 2. The molecule has 1 unspecified atom stereocenters. The Labute approximate surface area is 272 Å². The van der Waals surface area contributed by atoms with E-state index in [4.69, 9.17) is 0 Å². The predicted octanol–water partition coefficient (Wildman–Crippen LogP) is 4.07. The Bertz CT molecular complexity index is 1450. The van der Waals surface area contributed by atoms with E-state index in [-0.39, 0.29) is 35.8 Å². The van der Waals surface area contributed by atoms with Gasteiger partial charge in [0.15, 0.2) is 5.82 Å². The number of anilines is 1. The van der Waals surface area contributed by atoms with E-state index in [1.165, 1.54) is 12.1 Å². The summed E-state index contributed by atoms with van der Waals surface area (Å²) in [6.07, 6.45) is 3.91. The number of benzene rings is 2. The maximum absolute atomic E-state index is 13.4. The molecule has 2 aliphatic rings. The highest BCUT2D eigenvalue weighted by molar-refractivity contribution is 9.10. The van der Waals surface area contributed by atoms with Gasteiger partial charge in [0.1, 0.15) is 5.82 Å². The highest BCUT2D eigenvalue weighted by atomic mass is 79.9. The van der Waals surface area contributed by atoms with Gasteiger partial charge in [0.2, 0.25) is 5.91 Å². The van der Waals surface area contributed by atoms with Gasteiger partial charge in [0.05, 0.1) is 6.54 Å². The molecule has 2 fully saturated rings. The third-order valence-electron chi connectivity index (χ3n) is 8.52. The van der Waals surface area contributed by atoms with Gasteiger partial charge in [-0.25, -0.2) is 13.9 Å². The fourth-order valence-corrected chi connectivity index (χ4v) is 7.06. The summed E-state index contributed by atoms with van der Waals surface area (Å²) in [6.45, 7) is 8.50. The summed E-state index contributed by atoms with van der Waals surface area (Å²) < 4.78 is 15.8. The third kappa shape index (κ3) is 9.54. The number of nitrogens with zero attached hydrogens (tertiary/aromatic N) is 6. The summed E-state index contributed by atoms with van der Waals surface area (Å²) in [5.74, 6) is 1.04. The molecule has 11 nitrogen and oxygen atoms in total. The van der Waals surface area contributed by atoms with E-state index in [9.17, 15) is 14.0 Å². The molecule has 242 valence electrons. The second kappa shape index (κ2) is 15.2. The first-order valence-electron chi connectivity index (χ1n) is 15.7. The molecule has 13 heteroatoms. The number of tetrazole rings is 1. The number of halogens is 2. The lowest BCUT2D eigenvalue weighted by Gasteiger charge is -2.42. The van der Waals surface area contributed by atoms with Crippen molar-refractivity contribution in [1.82, 2.24) is 40.6 Å². The Morgan fingerprint density at radius 1 is 1.07 bits per heavy atom. The lowest BCUT2D eigenvalue weighted by Crippen LogP contribution is -2.56. The zero-order valence-corrected chi connectivity index (χ0v) is 27.8. The van der Waals surface area contributed by atoms with Gasteiger partial charge in [-0.15, -0.1) is 5.10 Å². The number of carbonyl (C=O) groups excluding carboxylic acids is 2. The zero-order chi connectivity index (χ0) is 31.9. The van der Waals surface area contributed by atoms with E-state index < -0.39 is 0 Å². The summed E-state index contributed by atoms with van der Waals surface area (Å²) in [5, 5.41) is 21.0. The van der Waals surface area contributed by atoms with Crippen LogP contribution in [0.3, 0.4) is 0 Å². The Morgan fingerprint density at radius 2 is 1.87 bits per heavy atom. The van der Waals surface area contributed by atoms with Gasteiger partial charge in [0.25, 0.3) is 0 Å². The number of likely N-dealkylation sites (tertiary alicyclic amines) is 2. The van der Waals surface area contributed by atoms with Crippen molar-refractivity contribution in [3.05, 3.63) is 58.3 Å². The van der Waals surface area contributed by atoms with Crippen molar-refractivity contribution in [3.8, 4) is 11.4 Å². The first-order valence-corrected chi connectivity index (χ1v) is 16.5. The molecular formula is C32H43BrFN9O2. The molecule has 5 rings (SSSR count). The number of urea groups is 1. The van der Waals surface area contributed by atoms with Crippen LogP contribution in [0.2, 0.25) is 0 Å². The van der Waals surface area contributed by atoms with Crippen LogP contribution in [0, 0.1) is 17.7 Å². The first kappa shape index (κ1) is 33.0. The number of piperidine rings is 2. The fraction of sp³-hybridized carbons (Fsp3) is 0.531. The average Bonchev–Trinajstić information content (AvgIpc) is 3.41. The van der Waals surface area contributed by atoms with Gasteiger partial charge in [-0.2, -0.15) is 0 Å². The Hall–Kier alpha value is -3.42. The topological polar surface area (TPSA) is 120 Å². The predicted molar refractivity (Wildman–Crippen MR) is 175 cm³/mol. The van der Waals surface area contributed by atoms with Crippen molar-refractivity contribution in [2.45, 2.75) is 51.6 Å². The monoisotopic (exact) mass is 683 g/mol. The lowest BCUT2D eigenvalue weighted by molar-refractivity contribution is -0.123. The van der Waals surface area contributed by atoms with Crippen LogP contribution in [0.4, 0.5) is 14.9 Å². The van der Waals surface area contributed by atoms with E-state index >= 15 is 0 Å². The van der Waals surface area contributed by atoms with Gasteiger partial charge in [-0.3, -0.25) is 9.69 Å². The second-order valence-electron chi connectivity index (χ2n) is 12.7. The van der Waals surface area contributed by atoms with Crippen molar-refractivity contribution < 1.29 is 14.0 Å². The molecule has 3 N–H and O–H groups in total. The first-order chi connectivity index (χ1) is 21.6. The minimum Gasteiger partial charge on any atom is -0.353 e. The Morgan fingerprint density at radius 3 is 2.60 bits per heavy atom. The highest BCUT2D eigenvalue weighted by Crippen LogP contribution is 2.27. The highest BCUT2D eigenvalue weighted by Gasteiger charge is 2.34. The van der Waals surface area contributed by atoms with Crippen molar-refractivity contribution in [3.63, 3.8) is 0 Å². The summed E-state index contributed by atoms with van der Waals surface area (Å²) in [6, 6.07) is 12.2. The molecule has 3 amide bonds. The number of aromatic nitrogens is 4. The summed E-state index contributed by atoms with van der Waals surface area (Å²) in [5.41, 5.74) is 2.56. The van der Waals surface area contributed by atoms with Gasteiger partial charge in [-0.05, 0) is 98.3 Å². The van der Waals surface area contributed by atoms with E-state index in [1.807, 2.05) is 44.2 Å². The molecule has 2 aliphatic heterocycles. The van der Waals surface area contributed by atoms with Crippen LogP contribution >= 0.6 is 15.9 Å². The minimum absolute atomic E-state index is 0.0220. The van der Waals surface area contributed by atoms with Crippen molar-refractivity contribution in [2.24, 2.45) is 18.9 Å². The molecule has 3 aromatic rings. The largest absolute Gasteiger partial charge is 0.353 e. The van der Waals surface area contributed by atoms with Crippen LogP contribution in [-0.2, 0) is 18.3 Å². The van der Waals surface area contributed by atoms with Gasteiger partial charge in [-0.1, -0.05) is 28.1 Å². The number of amides is 3. The molecule has 3 heterocycles. The standard InChI is InChI=1S/C32H43BrFN9O2/c1-21(2)35-30(44)20-43-12-10-29(37-32(45)36-28-15-24(14-26(33)16-28)31-38-39-40-41(31)3)25(19-43)18-42-11-4-5-23(17-42)13-22-6-8-27(34)9-7-22/h6-9,14-16,21,23,25,29H,4-5,10-13,17-20H2,1-3H3,(H,35,44)(H2,36,37,45)/t23?,25-,29-/m1/s1. The van der Waals surface area contributed by atoms with Crippen LogP contribution in [-0.4, -0.2) is 93.3 Å². The van der Waals surface area contributed by atoms with E-state index in [1.54, 1.807) is 11.7 Å². The van der Waals surface area contributed by atoms with Gasteiger partial charge >= 0.3 is 6.03 Å². The quantitative estimate of drug-likeness (QED) is 0.295. The van der Waals surface area contributed by atoms with Crippen LogP contribution in [0.25, 0.3) is 11.4 Å². The van der Waals surface area contributed by atoms with Crippen molar-refractivity contribution in [1.29, 1.82) is 0 Å². The molecule has 0 radical (unpaired) electrons. The van der Waals surface area contributed by atoms with Gasteiger partial charge in [0, 0.05) is 67.0 Å². The van der Waals surface area contributed by atoms with Crippen LogP contribution < -0.4 is 16.0 Å². The fourth-order valence-electron chi connectivity index (χ4n) is 6.57. The smallest absolute Gasteiger partial charge is 0.319 e. The molecule has 0 bridgehead atoms. The van der Waals surface area contributed by atoms with E-state index in [0.717, 1.165) is 74.0 Å². The number of aryl methyl sites for hydroxylation is 1. The molecule has 2 saturated heterocycles. The van der Waals surface area contributed by atoms with Crippen molar-refractivity contribution in [2.75, 3.05) is 44.6 Å². The molecule has 2 aromatic carbocycles. The number of hydrogen-bond acceptors (Lipinski definition) is 7. The van der Waals surface area contributed by atoms with Crippen LogP contribution in [0.1, 0.15) is 38.7 Å². The summed E-state index contributed by atoms with van der Waals surface area (Å²) >= 11 is 3.54. The molecule has 0 saturated carbocycles. The van der Waals surface area contributed by atoms with Gasteiger partial charge < -0.3 is 20.9 Å². The lowest BCUT2D eigenvalue weighted by atomic mass is 9.88. The molecular weight excluding hydrogens is 641 g/mol. The Balaban J connectivity index is 1.24. The normalized spacial score (nSPS) is 21.1. The SMILES string of the molecule is CC(C)NC(=O)CN1CC[C@@H](NC(=O)Nc2cc(Br)cc(-c3nnnn3C)c2)[C@H](CN2CCCC(Cc3ccc(F)cc3)C2)C1. The molecule has 0 aliphatic carbocycles. The number of nitrogens with one attached hydrogen (secondary N) is 3. The van der Waals surface area contributed by atoms with Crippen molar-refractivity contribution >= 4 is 33.6 Å². The van der Waals surface area contributed by atoms with Crippen LogP contribution in [0.5, 0.6) is 0 Å². The molecule has 0 spiro atoms. The van der Waals surface area contributed by atoms with Crippen LogP contribution in [0.15, 0.2) is 46.9 Å². The molecule has 45 heavy (non-hydrogen) atoms. The number of hydrogen-bond donors (Lipinski definition) is 3. The second-order valence-corrected chi connectivity index (χ2v) is 13.6. The summed E-state index contributed by atoms with van der Waals surface area (Å²) in [4.78, 5) is 30.7. The molecule has 1 aromatic heterocycles. The number of rotatable bonds is 10. The minimum atomic E-state index is -0.274. The average molecular weight is 685 g/mol.